The fourth-order valence-corrected chi connectivity index (χ4v) is 2.00. The number of para-hydroxylation sites is 1. The van der Waals surface area contributed by atoms with Gasteiger partial charge in [-0.25, -0.2) is 4.79 Å². The minimum atomic E-state index is -0.925. The molecule has 0 aromatic heterocycles. The van der Waals surface area contributed by atoms with E-state index < -0.39 is 5.60 Å². The van der Waals surface area contributed by atoms with Crippen molar-refractivity contribution < 1.29 is 14.6 Å². The van der Waals surface area contributed by atoms with Gasteiger partial charge in [-0.05, 0) is 32.9 Å². The van der Waals surface area contributed by atoms with Gasteiger partial charge in [0.25, 0.3) is 0 Å². The van der Waals surface area contributed by atoms with Gasteiger partial charge >= 0.3 is 6.03 Å². The lowest BCUT2D eigenvalue weighted by Gasteiger charge is -2.26. The smallest absolute Gasteiger partial charge is 0.317 e. The minimum absolute atomic E-state index is 0.218. The summed E-state index contributed by atoms with van der Waals surface area (Å²) in [6.45, 7) is 5.75. The number of amides is 2. The molecule has 21 heavy (non-hydrogen) atoms. The molecule has 0 spiro atoms. The summed E-state index contributed by atoms with van der Waals surface area (Å²) < 4.78 is 5.66. The molecular formula is C15H23ClN2O3. The minimum Gasteiger partial charge on any atom is -0.487 e. The van der Waals surface area contributed by atoms with Crippen LogP contribution >= 0.6 is 11.6 Å². The Morgan fingerprint density at radius 3 is 2.67 bits per heavy atom. The summed E-state index contributed by atoms with van der Waals surface area (Å²) in [4.78, 5) is 13.3. The molecule has 1 aromatic carbocycles. The molecule has 1 rings (SSSR count). The Balaban J connectivity index is 2.41. The fourth-order valence-electron chi connectivity index (χ4n) is 1.82. The van der Waals surface area contributed by atoms with E-state index in [1.165, 1.54) is 4.90 Å². The van der Waals surface area contributed by atoms with Crippen molar-refractivity contribution in [2.75, 3.05) is 20.1 Å². The van der Waals surface area contributed by atoms with Gasteiger partial charge in [0.2, 0.25) is 0 Å². The molecule has 6 heteroatoms. The van der Waals surface area contributed by atoms with Crippen LogP contribution < -0.4 is 10.1 Å². The number of benzene rings is 1. The number of aliphatic hydroxyl groups is 1. The zero-order valence-electron chi connectivity index (χ0n) is 12.9. The highest BCUT2D eigenvalue weighted by molar-refractivity contribution is 6.32. The third-order valence-corrected chi connectivity index (χ3v) is 2.99. The maximum absolute atomic E-state index is 11.9. The molecule has 0 bridgehead atoms. The van der Waals surface area contributed by atoms with E-state index in [0.29, 0.717) is 17.3 Å². The topological polar surface area (TPSA) is 61.8 Å². The van der Waals surface area contributed by atoms with Crippen LogP contribution in [0.2, 0.25) is 5.02 Å². The first-order chi connectivity index (χ1) is 9.69. The van der Waals surface area contributed by atoms with Crippen molar-refractivity contribution in [2.45, 2.75) is 32.5 Å². The lowest BCUT2D eigenvalue weighted by atomic mass is 10.1. The molecule has 0 aliphatic rings. The van der Waals surface area contributed by atoms with Gasteiger partial charge in [0.15, 0.2) is 0 Å². The maximum Gasteiger partial charge on any atom is 0.317 e. The van der Waals surface area contributed by atoms with E-state index in [2.05, 4.69) is 5.32 Å². The zero-order chi connectivity index (χ0) is 16.0. The third-order valence-electron chi connectivity index (χ3n) is 2.68. The highest BCUT2D eigenvalue weighted by Crippen LogP contribution is 2.23. The van der Waals surface area contributed by atoms with Gasteiger partial charge in [0, 0.05) is 7.05 Å². The molecule has 0 saturated heterocycles. The van der Waals surface area contributed by atoms with E-state index in [0.717, 1.165) is 0 Å². The van der Waals surface area contributed by atoms with E-state index >= 15 is 0 Å². The molecule has 1 unspecified atom stereocenters. The van der Waals surface area contributed by atoms with Crippen molar-refractivity contribution in [1.82, 2.24) is 10.2 Å². The first-order valence-electron chi connectivity index (χ1n) is 6.81. The third kappa shape index (κ3) is 6.69. The van der Waals surface area contributed by atoms with Crippen LogP contribution in [0.25, 0.3) is 0 Å². The van der Waals surface area contributed by atoms with Crippen LogP contribution in [-0.4, -0.2) is 47.9 Å². The lowest BCUT2D eigenvalue weighted by Crippen LogP contribution is -2.46. The molecule has 0 heterocycles. The number of likely N-dealkylation sites (N-methyl/N-ethyl adjacent to an activating group) is 1. The molecule has 1 atom stereocenters. The van der Waals surface area contributed by atoms with Crippen molar-refractivity contribution >= 4 is 17.6 Å². The standard InChI is InChI=1S/C15H23ClN2O3/c1-11(21-13-8-6-5-7-12(13)16)9-17-14(19)18(4)10-15(2,3)20/h5-8,11,20H,9-10H2,1-4H3,(H,17,19). The van der Waals surface area contributed by atoms with Crippen LogP contribution in [-0.2, 0) is 0 Å². The number of carbonyl (C=O) groups is 1. The number of nitrogens with zero attached hydrogens (tertiary/aromatic N) is 1. The Hall–Kier alpha value is -1.46. The van der Waals surface area contributed by atoms with E-state index in [1.807, 2.05) is 19.1 Å². The molecule has 118 valence electrons. The number of ether oxygens (including phenoxy) is 1. The first kappa shape index (κ1) is 17.6. The number of hydrogen-bond donors (Lipinski definition) is 2. The van der Waals surface area contributed by atoms with Crippen molar-refractivity contribution in [3.63, 3.8) is 0 Å². The van der Waals surface area contributed by atoms with E-state index in [4.69, 9.17) is 16.3 Å². The summed E-state index contributed by atoms with van der Waals surface area (Å²) in [5.41, 5.74) is -0.925. The maximum atomic E-state index is 11.9. The summed E-state index contributed by atoms with van der Waals surface area (Å²) in [7, 11) is 1.63. The quantitative estimate of drug-likeness (QED) is 0.848. The second-order valence-electron chi connectivity index (χ2n) is 5.71. The Morgan fingerprint density at radius 2 is 2.10 bits per heavy atom. The van der Waals surface area contributed by atoms with Crippen molar-refractivity contribution in [1.29, 1.82) is 0 Å². The number of halogens is 1. The summed E-state index contributed by atoms with van der Waals surface area (Å²) in [6, 6.07) is 6.93. The van der Waals surface area contributed by atoms with E-state index in [9.17, 15) is 9.90 Å². The normalized spacial score (nSPS) is 12.7. The molecule has 1 aromatic rings. The highest BCUT2D eigenvalue weighted by atomic mass is 35.5. The number of urea groups is 1. The Morgan fingerprint density at radius 1 is 1.48 bits per heavy atom. The van der Waals surface area contributed by atoms with Gasteiger partial charge in [-0.2, -0.15) is 0 Å². The predicted molar refractivity (Wildman–Crippen MR) is 83.9 cm³/mol. The monoisotopic (exact) mass is 314 g/mol. The predicted octanol–water partition coefficient (Wildman–Crippen LogP) is 2.52. The first-order valence-corrected chi connectivity index (χ1v) is 7.19. The average molecular weight is 315 g/mol. The summed E-state index contributed by atoms with van der Waals surface area (Å²) >= 11 is 6.01. The van der Waals surface area contributed by atoms with Gasteiger partial charge in [0.1, 0.15) is 11.9 Å². The van der Waals surface area contributed by atoms with Crippen LogP contribution in [0, 0.1) is 0 Å². The van der Waals surface area contributed by atoms with E-state index in [-0.39, 0.29) is 18.7 Å². The van der Waals surface area contributed by atoms with Gasteiger partial charge < -0.3 is 20.1 Å². The SMILES string of the molecule is CC(CNC(=O)N(C)CC(C)(C)O)Oc1ccccc1Cl. The average Bonchev–Trinajstić information content (AvgIpc) is 2.36. The highest BCUT2D eigenvalue weighted by Gasteiger charge is 2.19. The molecule has 2 N–H and O–H groups in total. The van der Waals surface area contributed by atoms with Crippen molar-refractivity contribution in [3.05, 3.63) is 29.3 Å². The van der Waals surface area contributed by atoms with Crippen LogP contribution in [0.5, 0.6) is 5.75 Å². The van der Waals surface area contributed by atoms with Crippen LogP contribution in [0.3, 0.4) is 0 Å². The van der Waals surface area contributed by atoms with E-state index in [1.54, 1.807) is 33.0 Å². The number of hydrogen-bond acceptors (Lipinski definition) is 3. The zero-order valence-corrected chi connectivity index (χ0v) is 13.6. The molecule has 5 nitrogen and oxygen atoms in total. The number of carbonyl (C=O) groups excluding carboxylic acids is 1. The van der Waals surface area contributed by atoms with Crippen LogP contribution in [0.4, 0.5) is 4.79 Å². The molecule has 0 radical (unpaired) electrons. The Bertz CT molecular complexity index is 474. The van der Waals surface area contributed by atoms with Gasteiger partial charge in [0.05, 0.1) is 23.7 Å². The fraction of sp³-hybridized carbons (Fsp3) is 0.533. The molecule has 0 fully saturated rings. The molecular weight excluding hydrogens is 292 g/mol. The van der Waals surface area contributed by atoms with Gasteiger partial charge in [-0.1, -0.05) is 23.7 Å². The molecule has 0 aliphatic carbocycles. The Kier molecular flexibility index (Phi) is 6.30. The van der Waals surface area contributed by atoms with Gasteiger partial charge in [-0.15, -0.1) is 0 Å². The second-order valence-corrected chi connectivity index (χ2v) is 6.12. The van der Waals surface area contributed by atoms with Gasteiger partial charge in [-0.3, -0.25) is 0 Å². The summed E-state index contributed by atoms with van der Waals surface area (Å²) in [5.74, 6) is 0.589. The Labute approximate surface area is 130 Å². The number of nitrogens with one attached hydrogen (secondary N) is 1. The summed E-state index contributed by atoms with van der Waals surface area (Å²) in [6.07, 6.45) is -0.218. The van der Waals surface area contributed by atoms with Crippen LogP contribution in [0.1, 0.15) is 20.8 Å². The van der Waals surface area contributed by atoms with Crippen molar-refractivity contribution in [3.8, 4) is 5.75 Å². The largest absolute Gasteiger partial charge is 0.487 e. The van der Waals surface area contributed by atoms with Crippen LogP contribution in [0.15, 0.2) is 24.3 Å². The molecule has 0 aliphatic heterocycles. The lowest BCUT2D eigenvalue weighted by molar-refractivity contribution is 0.0528. The number of rotatable bonds is 6. The molecule has 0 saturated carbocycles. The van der Waals surface area contributed by atoms with Crippen molar-refractivity contribution in [2.24, 2.45) is 0 Å². The summed E-state index contributed by atoms with van der Waals surface area (Å²) in [5, 5.41) is 13.0. The second kappa shape index (κ2) is 7.52. The molecule has 2 amide bonds.